The normalized spacial score (nSPS) is 11.0. The van der Waals surface area contributed by atoms with Crippen LogP contribution in [-0.4, -0.2) is 15.0 Å². The SMILES string of the molecule is [C-](=Cc1ncccc1-c1ccccc1)c1cccnc1[C-]=Cc1ncccc1-c1ccccc1.[Pd+2]. The minimum absolute atomic E-state index is 0. The van der Waals surface area contributed by atoms with Crippen molar-refractivity contribution in [3.63, 3.8) is 0 Å². The van der Waals surface area contributed by atoms with Crippen LogP contribution in [0.2, 0.25) is 0 Å². The first-order chi connectivity index (χ1) is 16.9. The average Bonchev–Trinajstić information content (AvgIpc) is 2.92. The molecule has 0 spiro atoms. The minimum atomic E-state index is 0. The molecule has 5 rings (SSSR count). The van der Waals surface area contributed by atoms with Crippen LogP contribution in [0.25, 0.3) is 34.4 Å². The van der Waals surface area contributed by atoms with Gasteiger partial charge in [0.05, 0.1) is 0 Å². The van der Waals surface area contributed by atoms with Crippen molar-refractivity contribution >= 4 is 12.2 Å². The smallest absolute Gasteiger partial charge is 0.332 e. The molecule has 3 heterocycles. The number of benzene rings is 2. The van der Waals surface area contributed by atoms with E-state index in [9.17, 15) is 0 Å². The maximum atomic E-state index is 4.56. The van der Waals surface area contributed by atoms with Crippen LogP contribution in [0, 0.1) is 12.2 Å². The summed E-state index contributed by atoms with van der Waals surface area (Å²) >= 11 is 0. The number of nitrogens with zero attached hydrogens (tertiary/aromatic N) is 3. The van der Waals surface area contributed by atoms with E-state index in [-0.39, 0.29) is 20.4 Å². The van der Waals surface area contributed by atoms with E-state index in [2.05, 4.69) is 63.5 Å². The van der Waals surface area contributed by atoms with Gasteiger partial charge in [-0.1, -0.05) is 78.9 Å². The van der Waals surface area contributed by atoms with Crippen LogP contribution in [-0.2, 0) is 20.4 Å². The maximum Gasteiger partial charge on any atom is 2.00 e. The molecular formula is C31H21N3Pd. The second kappa shape index (κ2) is 11.9. The summed E-state index contributed by atoms with van der Waals surface area (Å²) in [5.41, 5.74) is 7.55. The Morgan fingerprint density at radius 1 is 0.486 bits per heavy atom. The van der Waals surface area contributed by atoms with E-state index in [0.717, 1.165) is 39.2 Å². The van der Waals surface area contributed by atoms with E-state index in [1.165, 1.54) is 0 Å². The van der Waals surface area contributed by atoms with Gasteiger partial charge in [0.25, 0.3) is 0 Å². The third-order valence-corrected chi connectivity index (χ3v) is 5.36. The Kier molecular flexibility index (Phi) is 8.25. The van der Waals surface area contributed by atoms with Gasteiger partial charge in [0.15, 0.2) is 0 Å². The van der Waals surface area contributed by atoms with Crippen LogP contribution in [0.4, 0.5) is 0 Å². The largest absolute Gasteiger partial charge is 2.00 e. The molecule has 0 radical (unpaired) electrons. The fourth-order valence-electron chi connectivity index (χ4n) is 3.71. The fraction of sp³-hybridized carbons (Fsp3) is 0. The van der Waals surface area contributed by atoms with Crippen molar-refractivity contribution in [2.45, 2.75) is 0 Å². The molecule has 0 N–H and O–H groups in total. The quantitative estimate of drug-likeness (QED) is 0.173. The Labute approximate surface area is 219 Å². The molecule has 0 amide bonds. The molecule has 0 aliphatic heterocycles. The van der Waals surface area contributed by atoms with Gasteiger partial charge < -0.3 is 15.0 Å². The van der Waals surface area contributed by atoms with Crippen molar-refractivity contribution in [1.82, 2.24) is 15.0 Å². The van der Waals surface area contributed by atoms with Crippen molar-refractivity contribution in [3.05, 3.63) is 150 Å². The number of hydrogen-bond acceptors (Lipinski definition) is 3. The molecule has 0 aliphatic rings. The Balaban J connectivity index is 0.00000289. The van der Waals surface area contributed by atoms with Crippen molar-refractivity contribution in [2.24, 2.45) is 0 Å². The number of aromatic nitrogens is 3. The van der Waals surface area contributed by atoms with Crippen molar-refractivity contribution < 1.29 is 20.4 Å². The molecule has 0 aliphatic carbocycles. The fourth-order valence-corrected chi connectivity index (χ4v) is 3.71. The second-order valence-corrected chi connectivity index (χ2v) is 7.58. The number of hydrogen-bond donors (Lipinski definition) is 0. The first-order valence-electron chi connectivity index (χ1n) is 11.0. The van der Waals surface area contributed by atoms with Gasteiger partial charge in [-0.25, -0.2) is 17.7 Å². The molecule has 3 nitrogen and oxygen atoms in total. The van der Waals surface area contributed by atoms with Crippen molar-refractivity contribution in [2.75, 3.05) is 0 Å². The van der Waals surface area contributed by atoms with Gasteiger partial charge >= 0.3 is 20.4 Å². The van der Waals surface area contributed by atoms with Gasteiger partial charge in [-0.15, -0.1) is 11.8 Å². The van der Waals surface area contributed by atoms with Crippen LogP contribution in [0.15, 0.2) is 116 Å². The summed E-state index contributed by atoms with van der Waals surface area (Å²) in [6, 6.07) is 32.3. The molecule has 5 aromatic rings. The molecule has 2 aromatic carbocycles. The Morgan fingerprint density at radius 2 is 0.971 bits per heavy atom. The molecule has 170 valence electrons. The molecular weight excluding hydrogens is 521 g/mol. The van der Waals surface area contributed by atoms with E-state index < -0.39 is 0 Å². The predicted octanol–water partition coefficient (Wildman–Crippen LogP) is 6.93. The van der Waals surface area contributed by atoms with Crippen LogP contribution in [0.5, 0.6) is 0 Å². The Bertz CT molecular complexity index is 1330. The average molecular weight is 542 g/mol. The first kappa shape index (κ1) is 24.2. The topological polar surface area (TPSA) is 38.7 Å². The summed E-state index contributed by atoms with van der Waals surface area (Å²) in [4.78, 5) is 13.6. The zero-order valence-corrected chi connectivity index (χ0v) is 20.3. The summed E-state index contributed by atoms with van der Waals surface area (Å²) < 4.78 is 0. The summed E-state index contributed by atoms with van der Waals surface area (Å²) in [7, 11) is 0. The van der Waals surface area contributed by atoms with Gasteiger partial charge in [-0.2, -0.15) is 12.1 Å². The first-order valence-corrected chi connectivity index (χ1v) is 11.0. The van der Waals surface area contributed by atoms with Gasteiger partial charge in [0.1, 0.15) is 0 Å². The predicted molar refractivity (Wildman–Crippen MR) is 137 cm³/mol. The van der Waals surface area contributed by atoms with Crippen LogP contribution in [0.3, 0.4) is 0 Å². The molecule has 0 saturated heterocycles. The van der Waals surface area contributed by atoms with E-state index in [1.807, 2.05) is 72.8 Å². The molecule has 0 fully saturated rings. The monoisotopic (exact) mass is 541 g/mol. The maximum absolute atomic E-state index is 4.56. The van der Waals surface area contributed by atoms with Gasteiger partial charge in [-0.3, -0.25) is 0 Å². The molecule has 4 heteroatoms. The van der Waals surface area contributed by atoms with Gasteiger partial charge in [-0.05, 0) is 45.8 Å². The summed E-state index contributed by atoms with van der Waals surface area (Å²) in [6.45, 7) is 0. The van der Waals surface area contributed by atoms with Crippen molar-refractivity contribution in [3.8, 4) is 22.3 Å². The molecule has 0 saturated carbocycles. The summed E-state index contributed by atoms with van der Waals surface area (Å²) in [6.07, 6.45) is 15.8. The van der Waals surface area contributed by atoms with Gasteiger partial charge in [0, 0.05) is 18.6 Å². The van der Waals surface area contributed by atoms with E-state index in [1.54, 1.807) is 18.6 Å². The second-order valence-electron chi connectivity index (χ2n) is 7.58. The van der Waals surface area contributed by atoms with E-state index >= 15 is 0 Å². The van der Waals surface area contributed by atoms with E-state index in [0.29, 0.717) is 5.69 Å². The number of rotatable bonds is 6. The standard InChI is InChI=1S/C31H21N3.Pd/c1-3-10-24(11-4-1)27-15-8-22-33-30(27)18-17-26-14-7-21-32-29(26)19-20-31-28(16-9-23-34-31)25-12-5-2-6-13-25;/h1-16,18,20-23H;/q-2;+2. The van der Waals surface area contributed by atoms with Gasteiger partial charge in [0.2, 0.25) is 0 Å². The van der Waals surface area contributed by atoms with Crippen LogP contribution >= 0.6 is 0 Å². The zero-order chi connectivity index (χ0) is 23.0. The molecule has 0 atom stereocenters. The molecule has 35 heavy (non-hydrogen) atoms. The molecule has 0 unspecified atom stereocenters. The summed E-state index contributed by atoms with van der Waals surface area (Å²) in [5, 5.41) is 0. The third-order valence-electron chi connectivity index (χ3n) is 5.36. The zero-order valence-electron chi connectivity index (χ0n) is 18.8. The molecule has 0 bridgehead atoms. The number of pyridine rings is 3. The third kappa shape index (κ3) is 5.94. The van der Waals surface area contributed by atoms with Crippen molar-refractivity contribution in [1.29, 1.82) is 0 Å². The van der Waals surface area contributed by atoms with E-state index in [4.69, 9.17) is 0 Å². The van der Waals surface area contributed by atoms with Crippen LogP contribution in [0.1, 0.15) is 22.6 Å². The minimum Gasteiger partial charge on any atom is -0.332 e. The van der Waals surface area contributed by atoms with Crippen LogP contribution < -0.4 is 0 Å². The molecule has 3 aromatic heterocycles. The Morgan fingerprint density at radius 3 is 1.54 bits per heavy atom. The Hall–Kier alpha value is -3.97. The summed E-state index contributed by atoms with van der Waals surface area (Å²) in [5.74, 6) is 0.